The fourth-order valence-electron chi connectivity index (χ4n) is 2.42. The van der Waals surface area contributed by atoms with E-state index < -0.39 is 12.5 Å². The number of nitrogens with zero attached hydrogens (tertiary/aromatic N) is 2. The quantitative estimate of drug-likeness (QED) is 0.533. The van der Waals surface area contributed by atoms with Gasteiger partial charge in [-0.1, -0.05) is 35.3 Å². The van der Waals surface area contributed by atoms with E-state index in [-0.39, 0.29) is 23.9 Å². The SMILES string of the molecule is Cc1ccc(NC(=O)c2ccn(COc3c(Cl)cccc3Cl)n2)c(OC(F)F)c1. The Morgan fingerprint density at radius 2 is 1.93 bits per heavy atom. The Morgan fingerprint density at radius 3 is 2.62 bits per heavy atom. The standard InChI is InChI=1S/C19H15Cl2F2N3O3/c1-11-5-6-14(16(9-11)29-19(22)23)24-18(27)15-7-8-26(25-15)10-28-17-12(20)3-2-4-13(17)21/h2-9,19H,10H2,1H3,(H,24,27). The number of aromatic nitrogens is 2. The Morgan fingerprint density at radius 1 is 1.21 bits per heavy atom. The van der Waals surface area contributed by atoms with Gasteiger partial charge in [-0.3, -0.25) is 4.79 Å². The fraction of sp³-hybridized carbons (Fsp3) is 0.158. The topological polar surface area (TPSA) is 65.4 Å². The molecule has 0 atom stereocenters. The molecule has 1 amide bonds. The van der Waals surface area contributed by atoms with Gasteiger partial charge in [0.2, 0.25) is 0 Å². The molecule has 152 valence electrons. The average Bonchev–Trinajstić information content (AvgIpc) is 3.12. The van der Waals surface area contributed by atoms with Crippen molar-refractivity contribution in [1.82, 2.24) is 9.78 Å². The highest BCUT2D eigenvalue weighted by Crippen LogP contribution is 2.32. The Hall–Kier alpha value is -2.84. The van der Waals surface area contributed by atoms with E-state index in [0.29, 0.717) is 21.4 Å². The summed E-state index contributed by atoms with van der Waals surface area (Å²) in [5, 5.41) is 7.28. The summed E-state index contributed by atoms with van der Waals surface area (Å²) in [6.07, 6.45) is 1.52. The molecule has 0 spiro atoms. The first-order valence-electron chi connectivity index (χ1n) is 8.30. The van der Waals surface area contributed by atoms with Crippen LogP contribution in [0.15, 0.2) is 48.7 Å². The third kappa shape index (κ3) is 5.36. The van der Waals surface area contributed by atoms with E-state index in [0.717, 1.165) is 0 Å². The lowest BCUT2D eigenvalue weighted by Gasteiger charge is -2.12. The Balaban J connectivity index is 1.68. The van der Waals surface area contributed by atoms with Crippen LogP contribution in [0, 0.1) is 6.92 Å². The molecule has 3 rings (SSSR count). The number of para-hydroxylation sites is 1. The van der Waals surface area contributed by atoms with Crippen molar-refractivity contribution >= 4 is 34.8 Å². The van der Waals surface area contributed by atoms with Gasteiger partial charge >= 0.3 is 6.61 Å². The summed E-state index contributed by atoms with van der Waals surface area (Å²) in [6.45, 7) is -1.34. The molecule has 3 aromatic rings. The van der Waals surface area contributed by atoms with Crippen molar-refractivity contribution in [2.24, 2.45) is 0 Å². The van der Waals surface area contributed by atoms with Crippen molar-refractivity contribution in [2.75, 3.05) is 5.32 Å². The molecule has 0 unspecified atom stereocenters. The fourth-order valence-corrected chi connectivity index (χ4v) is 2.92. The number of alkyl halides is 2. The first-order valence-corrected chi connectivity index (χ1v) is 9.06. The molecule has 0 bridgehead atoms. The highest BCUT2D eigenvalue weighted by Gasteiger charge is 2.16. The van der Waals surface area contributed by atoms with Crippen molar-refractivity contribution < 1.29 is 23.0 Å². The number of benzene rings is 2. The lowest BCUT2D eigenvalue weighted by Crippen LogP contribution is -2.15. The monoisotopic (exact) mass is 441 g/mol. The van der Waals surface area contributed by atoms with E-state index in [1.807, 2.05) is 0 Å². The molecule has 0 fully saturated rings. The van der Waals surface area contributed by atoms with E-state index in [9.17, 15) is 13.6 Å². The predicted molar refractivity (Wildman–Crippen MR) is 105 cm³/mol. The van der Waals surface area contributed by atoms with Gasteiger partial charge in [-0.05, 0) is 42.8 Å². The molecular formula is C19H15Cl2F2N3O3. The maximum atomic E-state index is 12.6. The Bertz CT molecular complexity index is 1010. The Labute approximate surface area is 174 Å². The molecule has 10 heteroatoms. The number of aryl methyl sites for hydroxylation is 1. The predicted octanol–water partition coefficient (Wildman–Crippen LogP) is 5.39. The number of amides is 1. The van der Waals surface area contributed by atoms with Gasteiger partial charge in [0.1, 0.15) is 5.75 Å². The first kappa shape index (κ1) is 20.9. The van der Waals surface area contributed by atoms with Gasteiger partial charge in [0.25, 0.3) is 5.91 Å². The van der Waals surface area contributed by atoms with Crippen LogP contribution in [0.5, 0.6) is 11.5 Å². The van der Waals surface area contributed by atoms with E-state index in [1.165, 1.54) is 29.1 Å². The summed E-state index contributed by atoms with van der Waals surface area (Å²) in [5.74, 6) is -0.433. The van der Waals surface area contributed by atoms with Crippen LogP contribution < -0.4 is 14.8 Å². The number of carbonyl (C=O) groups excluding carboxylic acids is 1. The van der Waals surface area contributed by atoms with E-state index >= 15 is 0 Å². The molecule has 29 heavy (non-hydrogen) atoms. The van der Waals surface area contributed by atoms with E-state index in [1.54, 1.807) is 31.2 Å². The number of carbonyl (C=O) groups is 1. The molecule has 0 aliphatic heterocycles. The number of halogens is 4. The van der Waals surface area contributed by atoms with Gasteiger partial charge in [-0.15, -0.1) is 0 Å². The van der Waals surface area contributed by atoms with Crippen LogP contribution in [0.4, 0.5) is 14.5 Å². The van der Waals surface area contributed by atoms with Gasteiger partial charge in [-0.2, -0.15) is 13.9 Å². The summed E-state index contributed by atoms with van der Waals surface area (Å²) in [4.78, 5) is 12.4. The number of hydrogen-bond acceptors (Lipinski definition) is 4. The largest absolute Gasteiger partial charge is 0.468 e. The normalized spacial score (nSPS) is 10.8. The maximum Gasteiger partial charge on any atom is 0.387 e. The number of ether oxygens (including phenoxy) is 2. The second-order valence-electron chi connectivity index (χ2n) is 5.90. The van der Waals surface area contributed by atoms with E-state index in [4.69, 9.17) is 27.9 Å². The lowest BCUT2D eigenvalue weighted by molar-refractivity contribution is -0.0494. The van der Waals surface area contributed by atoms with Gasteiger partial charge in [0.05, 0.1) is 15.7 Å². The zero-order valence-corrected chi connectivity index (χ0v) is 16.5. The minimum Gasteiger partial charge on any atom is -0.468 e. The van der Waals surface area contributed by atoms with Crippen molar-refractivity contribution in [1.29, 1.82) is 0 Å². The molecule has 1 heterocycles. The third-order valence-corrected chi connectivity index (χ3v) is 4.33. The smallest absolute Gasteiger partial charge is 0.387 e. The van der Waals surface area contributed by atoms with Gasteiger partial charge < -0.3 is 14.8 Å². The molecule has 0 saturated heterocycles. The summed E-state index contributed by atoms with van der Waals surface area (Å²) in [5.41, 5.74) is 0.871. The van der Waals surface area contributed by atoms with Gasteiger partial charge in [-0.25, -0.2) is 4.68 Å². The molecule has 2 aromatic carbocycles. The lowest BCUT2D eigenvalue weighted by atomic mass is 10.2. The highest BCUT2D eigenvalue weighted by molar-refractivity contribution is 6.37. The third-order valence-electron chi connectivity index (χ3n) is 3.73. The molecule has 6 nitrogen and oxygen atoms in total. The molecule has 0 aliphatic rings. The second kappa shape index (κ2) is 9.11. The second-order valence-corrected chi connectivity index (χ2v) is 6.71. The van der Waals surface area contributed by atoms with Gasteiger partial charge in [0.15, 0.2) is 18.2 Å². The maximum absolute atomic E-state index is 12.6. The zero-order valence-electron chi connectivity index (χ0n) is 15.0. The van der Waals surface area contributed by atoms with Crippen molar-refractivity contribution in [3.05, 3.63) is 70.0 Å². The molecule has 0 aliphatic carbocycles. The van der Waals surface area contributed by atoms with Crippen LogP contribution in [-0.2, 0) is 6.73 Å². The molecule has 1 aromatic heterocycles. The van der Waals surface area contributed by atoms with Crippen LogP contribution >= 0.6 is 23.2 Å². The van der Waals surface area contributed by atoms with Crippen molar-refractivity contribution in [3.63, 3.8) is 0 Å². The highest BCUT2D eigenvalue weighted by atomic mass is 35.5. The zero-order chi connectivity index (χ0) is 21.0. The van der Waals surface area contributed by atoms with Crippen molar-refractivity contribution in [3.8, 4) is 11.5 Å². The van der Waals surface area contributed by atoms with E-state index in [2.05, 4.69) is 15.2 Å². The number of nitrogens with one attached hydrogen (secondary N) is 1. The molecule has 0 saturated carbocycles. The Kier molecular flexibility index (Phi) is 6.56. The summed E-state index contributed by atoms with van der Waals surface area (Å²) in [6, 6.07) is 10.9. The minimum atomic E-state index is -3.01. The van der Waals surface area contributed by atoms with Crippen LogP contribution in [0.25, 0.3) is 0 Å². The molecule has 0 radical (unpaired) electrons. The average molecular weight is 442 g/mol. The molecular weight excluding hydrogens is 427 g/mol. The van der Waals surface area contributed by atoms with Crippen LogP contribution in [0.3, 0.4) is 0 Å². The van der Waals surface area contributed by atoms with Crippen molar-refractivity contribution in [2.45, 2.75) is 20.3 Å². The summed E-state index contributed by atoms with van der Waals surface area (Å²) in [7, 11) is 0. The summed E-state index contributed by atoms with van der Waals surface area (Å²) < 4.78 is 36.6. The first-order chi connectivity index (χ1) is 13.8. The van der Waals surface area contributed by atoms with Gasteiger partial charge in [0, 0.05) is 6.20 Å². The number of anilines is 1. The summed E-state index contributed by atoms with van der Waals surface area (Å²) >= 11 is 12.1. The molecule has 1 N–H and O–H groups in total. The van der Waals surface area contributed by atoms with Crippen LogP contribution in [0.2, 0.25) is 10.0 Å². The van der Waals surface area contributed by atoms with Crippen LogP contribution in [-0.4, -0.2) is 22.3 Å². The number of rotatable bonds is 7. The van der Waals surface area contributed by atoms with Crippen LogP contribution in [0.1, 0.15) is 16.1 Å². The number of hydrogen-bond donors (Lipinski definition) is 1. The minimum absolute atomic E-state index is 0.0407.